The van der Waals surface area contributed by atoms with Crippen molar-refractivity contribution in [3.63, 3.8) is 0 Å². The maximum absolute atomic E-state index is 12.2. The molecule has 4 nitrogen and oxygen atoms in total. The number of aromatic amines is 1. The minimum Gasteiger partial charge on any atom is -0.466 e. The molecule has 0 radical (unpaired) electrons. The molecule has 0 aliphatic rings. The number of benzene rings is 1. The van der Waals surface area contributed by atoms with E-state index >= 15 is 0 Å². The summed E-state index contributed by atoms with van der Waals surface area (Å²) in [6.45, 7) is 4.22. The van der Waals surface area contributed by atoms with E-state index < -0.39 is 0 Å². The Morgan fingerprint density at radius 2 is 2.10 bits per heavy atom. The maximum Gasteiger partial charge on any atom is 0.267 e. The Labute approximate surface area is 127 Å². The first kappa shape index (κ1) is 13.8. The van der Waals surface area contributed by atoms with E-state index in [0.29, 0.717) is 17.3 Å². The number of nitrogens with one attached hydrogen (secondary N) is 2. The van der Waals surface area contributed by atoms with Gasteiger partial charge in [-0.05, 0) is 44.2 Å². The molecule has 0 aliphatic carbocycles. The molecule has 0 aliphatic heterocycles. The molecule has 5 heteroatoms. The van der Waals surface area contributed by atoms with Crippen molar-refractivity contribution >= 4 is 28.4 Å². The maximum atomic E-state index is 12.2. The number of hydrogen-bond acceptors (Lipinski definition) is 2. The summed E-state index contributed by atoms with van der Waals surface area (Å²) in [7, 11) is 0. The van der Waals surface area contributed by atoms with Gasteiger partial charge in [0.05, 0.1) is 0 Å². The zero-order valence-electron chi connectivity index (χ0n) is 11.8. The van der Waals surface area contributed by atoms with E-state index in [1.165, 1.54) is 0 Å². The Kier molecular flexibility index (Phi) is 3.47. The molecule has 2 N–H and O–H groups in total. The second-order valence-electron chi connectivity index (χ2n) is 5.04. The van der Waals surface area contributed by atoms with Gasteiger partial charge in [0.25, 0.3) is 5.91 Å². The van der Waals surface area contributed by atoms with E-state index in [1.54, 1.807) is 12.1 Å². The Balaban J connectivity index is 1.76. The van der Waals surface area contributed by atoms with Gasteiger partial charge in [0, 0.05) is 28.0 Å². The molecular weight excluding hydrogens is 288 g/mol. The average molecular weight is 303 g/mol. The van der Waals surface area contributed by atoms with Gasteiger partial charge in [-0.2, -0.15) is 0 Å². The molecule has 3 aromatic rings. The lowest BCUT2D eigenvalue weighted by atomic mass is 10.2. The lowest BCUT2D eigenvalue weighted by Gasteiger charge is -2.02. The smallest absolute Gasteiger partial charge is 0.267 e. The topological polar surface area (TPSA) is 58.0 Å². The van der Waals surface area contributed by atoms with Crippen molar-refractivity contribution in [2.24, 2.45) is 0 Å². The minimum atomic E-state index is -0.152. The van der Waals surface area contributed by atoms with Gasteiger partial charge in [-0.3, -0.25) is 4.79 Å². The first-order chi connectivity index (χ1) is 10.0. The average Bonchev–Trinajstić information content (AvgIpc) is 2.98. The third-order valence-electron chi connectivity index (χ3n) is 3.41. The number of aromatic nitrogens is 1. The van der Waals surface area contributed by atoms with E-state index in [9.17, 15) is 4.79 Å². The van der Waals surface area contributed by atoms with Crippen LogP contribution in [0.15, 0.2) is 34.7 Å². The summed E-state index contributed by atoms with van der Waals surface area (Å²) in [5.74, 6) is 1.52. The fourth-order valence-electron chi connectivity index (χ4n) is 2.36. The highest BCUT2D eigenvalue weighted by molar-refractivity contribution is 6.31. The highest BCUT2D eigenvalue weighted by atomic mass is 35.5. The van der Waals surface area contributed by atoms with Crippen LogP contribution in [0.25, 0.3) is 10.9 Å². The van der Waals surface area contributed by atoms with Crippen molar-refractivity contribution in [1.82, 2.24) is 10.3 Å². The van der Waals surface area contributed by atoms with Crippen LogP contribution in [0.1, 0.15) is 27.6 Å². The third-order valence-corrected chi connectivity index (χ3v) is 3.65. The lowest BCUT2D eigenvalue weighted by Crippen LogP contribution is -2.23. The van der Waals surface area contributed by atoms with Crippen LogP contribution >= 0.6 is 11.6 Å². The molecule has 108 valence electrons. The molecule has 0 fully saturated rings. The van der Waals surface area contributed by atoms with Gasteiger partial charge in [-0.1, -0.05) is 11.6 Å². The van der Waals surface area contributed by atoms with Gasteiger partial charge in [0.1, 0.15) is 17.2 Å². The number of hydrogen-bond donors (Lipinski definition) is 2. The zero-order valence-corrected chi connectivity index (χ0v) is 12.5. The first-order valence-electron chi connectivity index (χ1n) is 6.65. The number of rotatable bonds is 3. The van der Waals surface area contributed by atoms with E-state index in [1.807, 2.05) is 32.0 Å². The number of amides is 1. The van der Waals surface area contributed by atoms with Crippen LogP contribution in [0.4, 0.5) is 0 Å². The second kappa shape index (κ2) is 5.30. The van der Waals surface area contributed by atoms with Gasteiger partial charge in [-0.15, -0.1) is 0 Å². The fraction of sp³-hybridized carbons (Fsp3) is 0.188. The van der Waals surface area contributed by atoms with Crippen molar-refractivity contribution in [2.75, 3.05) is 0 Å². The number of H-pyrrole nitrogens is 1. The van der Waals surface area contributed by atoms with Crippen LogP contribution in [0.3, 0.4) is 0 Å². The Hall–Kier alpha value is -2.20. The third kappa shape index (κ3) is 2.81. The molecule has 0 bridgehead atoms. The molecule has 0 saturated heterocycles. The Bertz CT molecular complexity index is 817. The van der Waals surface area contributed by atoms with Crippen LogP contribution in [0.2, 0.25) is 5.02 Å². The predicted molar refractivity (Wildman–Crippen MR) is 82.7 cm³/mol. The molecule has 3 rings (SSSR count). The summed E-state index contributed by atoms with van der Waals surface area (Å²) in [5, 5.41) is 4.45. The van der Waals surface area contributed by atoms with Crippen molar-refractivity contribution in [3.8, 4) is 0 Å². The summed E-state index contributed by atoms with van der Waals surface area (Å²) >= 11 is 5.94. The van der Waals surface area contributed by atoms with Crippen LogP contribution < -0.4 is 5.32 Å². The molecule has 21 heavy (non-hydrogen) atoms. The predicted octanol–water partition coefficient (Wildman–Crippen LogP) is 3.96. The van der Waals surface area contributed by atoms with Gasteiger partial charge in [-0.25, -0.2) is 0 Å². The van der Waals surface area contributed by atoms with Gasteiger partial charge < -0.3 is 14.7 Å². The molecule has 1 amide bonds. The number of aryl methyl sites for hydroxylation is 2. The monoisotopic (exact) mass is 302 g/mol. The number of furan rings is 1. The molecule has 1 aromatic carbocycles. The minimum absolute atomic E-state index is 0.152. The molecule has 0 atom stereocenters. The Morgan fingerprint density at radius 3 is 2.81 bits per heavy atom. The molecule has 0 unspecified atom stereocenters. The summed E-state index contributed by atoms with van der Waals surface area (Å²) < 4.78 is 5.44. The van der Waals surface area contributed by atoms with E-state index in [0.717, 1.165) is 28.0 Å². The van der Waals surface area contributed by atoms with Crippen LogP contribution in [0.5, 0.6) is 0 Å². The van der Waals surface area contributed by atoms with Gasteiger partial charge in [0.2, 0.25) is 0 Å². The van der Waals surface area contributed by atoms with Crippen molar-refractivity contribution in [1.29, 1.82) is 0 Å². The van der Waals surface area contributed by atoms with Crippen LogP contribution in [-0.4, -0.2) is 10.9 Å². The zero-order chi connectivity index (χ0) is 15.0. The van der Waals surface area contributed by atoms with Crippen molar-refractivity contribution in [3.05, 3.63) is 58.1 Å². The van der Waals surface area contributed by atoms with Gasteiger partial charge >= 0.3 is 0 Å². The summed E-state index contributed by atoms with van der Waals surface area (Å²) in [6, 6.07) is 9.20. The molecular formula is C16H15ClN2O2. The SMILES string of the molecule is Cc1cc(CNC(=O)c2cc3cc(Cl)ccc3[nH]2)c(C)o1. The second-order valence-corrected chi connectivity index (χ2v) is 5.47. The van der Waals surface area contributed by atoms with Gasteiger partial charge in [0.15, 0.2) is 0 Å². The van der Waals surface area contributed by atoms with Crippen LogP contribution in [-0.2, 0) is 6.54 Å². The number of carbonyl (C=O) groups excluding carboxylic acids is 1. The molecule has 2 heterocycles. The van der Waals surface area contributed by atoms with Crippen LogP contribution in [0, 0.1) is 13.8 Å². The summed E-state index contributed by atoms with van der Waals surface area (Å²) in [6.07, 6.45) is 0. The van der Waals surface area contributed by atoms with E-state index in [4.69, 9.17) is 16.0 Å². The normalized spacial score (nSPS) is 11.0. The summed E-state index contributed by atoms with van der Waals surface area (Å²) in [4.78, 5) is 15.3. The standard InChI is InChI=1S/C16H15ClN2O2/c1-9-5-12(10(2)21-9)8-18-16(20)15-7-11-6-13(17)3-4-14(11)19-15/h3-7,19H,8H2,1-2H3,(H,18,20). The molecule has 0 spiro atoms. The lowest BCUT2D eigenvalue weighted by molar-refractivity contribution is 0.0946. The largest absolute Gasteiger partial charge is 0.466 e. The quantitative estimate of drug-likeness (QED) is 0.769. The number of carbonyl (C=O) groups is 1. The van der Waals surface area contributed by atoms with Crippen molar-refractivity contribution in [2.45, 2.75) is 20.4 Å². The highest BCUT2D eigenvalue weighted by Crippen LogP contribution is 2.20. The first-order valence-corrected chi connectivity index (χ1v) is 7.03. The van der Waals surface area contributed by atoms with Crippen molar-refractivity contribution < 1.29 is 9.21 Å². The molecule has 2 aromatic heterocycles. The highest BCUT2D eigenvalue weighted by Gasteiger charge is 2.11. The molecule has 0 saturated carbocycles. The number of fused-ring (bicyclic) bond motifs is 1. The number of halogens is 1. The van der Waals surface area contributed by atoms with E-state index in [2.05, 4.69) is 10.3 Å². The fourth-order valence-corrected chi connectivity index (χ4v) is 2.54. The Morgan fingerprint density at radius 1 is 1.29 bits per heavy atom. The van der Waals surface area contributed by atoms with E-state index in [-0.39, 0.29) is 5.91 Å². The summed E-state index contributed by atoms with van der Waals surface area (Å²) in [5.41, 5.74) is 2.39.